The lowest BCUT2D eigenvalue weighted by atomic mass is 10.0. The van der Waals surface area contributed by atoms with Crippen LogP contribution in [0.4, 0.5) is 0 Å². The van der Waals surface area contributed by atoms with Crippen molar-refractivity contribution in [2.75, 3.05) is 6.54 Å². The fraction of sp³-hybridized carbons (Fsp3) is 0.467. The third kappa shape index (κ3) is 2.85. The molecule has 3 heteroatoms. The van der Waals surface area contributed by atoms with E-state index in [2.05, 4.69) is 36.7 Å². The van der Waals surface area contributed by atoms with Crippen molar-refractivity contribution in [2.24, 2.45) is 0 Å². The second kappa shape index (κ2) is 5.72. The van der Waals surface area contributed by atoms with Gasteiger partial charge in [0.15, 0.2) is 0 Å². The summed E-state index contributed by atoms with van der Waals surface area (Å²) in [6, 6.07) is 4.67. The topological polar surface area (TPSA) is 25.2 Å². The molecule has 0 aliphatic heterocycles. The summed E-state index contributed by atoms with van der Waals surface area (Å²) < 4.78 is 5.67. The molecule has 2 aromatic rings. The van der Waals surface area contributed by atoms with Gasteiger partial charge in [0.2, 0.25) is 0 Å². The highest BCUT2D eigenvalue weighted by Gasteiger charge is 2.19. The molecule has 2 heterocycles. The predicted octanol–water partition coefficient (Wildman–Crippen LogP) is 4.36. The van der Waals surface area contributed by atoms with Crippen molar-refractivity contribution in [3.8, 4) is 0 Å². The van der Waals surface area contributed by atoms with Gasteiger partial charge in [0.1, 0.15) is 11.5 Å². The molecule has 0 aliphatic carbocycles. The number of rotatable bonds is 5. The van der Waals surface area contributed by atoms with E-state index in [1.165, 1.54) is 16.0 Å². The highest BCUT2D eigenvalue weighted by atomic mass is 32.1. The normalized spacial score (nSPS) is 12.9. The van der Waals surface area contributed by atoms with Crippen LogP contribution in [0.25, 0.3) is 0 Å². The molecule has 1 atom stereocenters. The minimum atomic E-state index is 0.257. The number of hydrogen-bond acceptors (Lipinski definition) is 3. The van der Waals surface area contributed by atoms with Crippen LogP contribution in [0.15, 0.2) is 21.9 Å². The van der Waals surface area contributed by atoms with Gasteiger partial charge in [-0.05, 0) is 56.8 Å². The van der Waals surface area contributed by atoms with Crippen LogP contribution in [0.2, 0.25) is 0 Å². The maximum Gasteiger partial charge on any atom is 0.106 e. The van der Waals surface area contributed by atoms with Crippen molar-refractivity contribution < 1.29 is 4.42 Å². The Kier molecular flexibility index (Phi) is 4.25. The Morgan fingerprint density at radius 2 is 2.06 bits per heavy atom. The molecule has 0 amide bonds. The van der Waals surface area contributed by atoms with Gasteiger partial charge in [-0.25, -0.2) is 0 Å². The van der Waals surface area contributed by atoms with E-state index in [0.29, 0.717) is 0 Å². The van der Waals surface area contributed by atoms with Crippen molar-refractivity contribution in [2.45, 2.75) is 40.2 Å². The predicted molar refractivity (Wildman–Crippen MR) is 77.4 cm³/mol. The van der Waals surface area contributed by atoms with Gasteiger partial charge in [-0.15, -0.1) is 11.3 Å². The summed E-state index contributed by atoms with van der Waals surface area (Å²) in [7, 11) is 0. The summed E-state index contributed by atoms with van der Waals surface area (Å²) in [5, 5.41) is 5.86. The van der Waals surface area contributed by atoms with E-state index in [1.807, 2.05) is 13.8 Å². The number of nitrogens with one attached hydrogen (secondary N) is 1. The van der Waals surface area contributed by atoms with Crippen LogP contribution in [0.3, 0.4) is 0 Å². The molecule has 0 radical (unpaired) electrons. The summed E-state index contributed by atoms with van der Waals surface area (Å²) in [6.07, 6.45) is 1.13. The molecular weight excluding hydrogens is 242 g/mol. The van der Waals surface area contributed by atoms with E-state index >= 15 is 0 Å². The van der Waals surface area contributed by atoms with E-state index in [9.17, 15) is 0 Å². The lowest BCUT2D eigenvalue weighted by Crippen LogP contribution is -2.22. The van der Waals surface area contributed by atoms with Crippen LogP contribution < -0.4 is 5.32 Å². The second-order valence-corrected chi connectivity index (χ2v) is 5.86. The van der Waals surface area contributed by atoms with Crippen LogP contribution in [0, 0.1) is 20.8 Å². The Balaban J connectivity index is 2.33. The average molecular weight is 263 g/mol. The smallest absolute Gasteiger partial charge is 0.106 e. The SMILES string of the molecule is CCCNC(c1csc(C)c1)c1cc(C)oc1C. The van der Waals surface area contributed by atoms with Crippen LogP contribution in [0.1, 0.15) is 46.9 Å². The highest BCUT2D eigenvalue weighted by Crippen LogP contribution is 2.30. The first-order chi connectivity index (χ1) is 8.61. The van der Waals surface area contributed by atoms with Gasteiger partial charge in [0, 0.05) is 10.4 Å². The first kappa shape index (κ1) is 13.4. The molecule has 0 aromatic carbocycles. The Morgan fingerprint density at radius 1 is 1.28 bits per heavy atom. The molecule has 0 bridgehead atoms. The molecule has 0 spiro atoms. The minimum Gasteiger partial charge on any atom is -0.466 e. The molecule has 0 aliphatic rings. The Morgan fingerprint density at radius 3 is 2.56 bits per heavy atom. The highest BCUT2D eigenvalue weighted by molar-refractivity contribution is 7.10. The van der Waals surface area contributed by atoms with Crippen LogP contribution >= 0.6 is 11.3 Å². The molecule has 2 aromatic heterocycles. The largest absolute Gasteiger partial charge is 0.466 e. The van der Waals surface area contributed by atoms with Crippen molar-refractivity contribution in [1.29, 1.82) is 0 Å². The third-order valence-corrected chi connectivity index (χ3v) is 3.95. The summed E-state index contributed by atoms with van der Waals surface area (Å²) in [6.45, 7) is 9.41. The van der Waals surface area contributed by atoms with Gasteiger partial charge in [-0.1, -0.05) is 6.92 Å². The fourth-order valence-electron chi connectivity index (χ4n) is 2.25. The Hall–Kier alpha value is -1.06. The lowest BCUT2D eigenvalue weighted by molar-refractivity contribution is 0.493. The third-order valence-electron chi connectivity index (χ3n) is 3.07. The van der Waals surface area contributed by atoms with E-state index in [4.69, 9.17) is 4.42 Å². The maximum atomic E-state index is 5.67. The van der Waals surface area contributed by atoms with Crippen molar-refractivity contribution in [1.82, 2.24) is 5.32 Å². The molecule has 0 fully saturated rings. The standard InChI is InChI=1S/C15H21NOS/c1-5-6-16-15(13-8-11(3)18-9-13)14-7-10(2)17-12(14)4/h7-9,15-16H,5-6H2,1-4H3. The summed E-state index contributed by atoms with van der Waals surface area (Å²) in [5.41, 5.74) is 2.61. The zero-order chi connectivity index (χ0) is 13.1. The van der Waals surface area contributed by atoms with Crippen molar-refractivity contribution >= 4 is 11.3 Å². The lowest BCUT2D eigenvalue weighted by Gasteiger charge is -2.17. The zero-order valence-corrected chi connectivity index (χ0v) is 12.4. The molecule has 1 unspecified atom stereocenters. The van der Waals surface area contributed by atoms with E-state index in [0.717, 1.165) is 24.5 Å². The van der Waals surface area contributed by atoms with E-state index < -0.39 is 0 Å². The molecule has 2 rings (SSSR count). The first-order valence-corrected chi connectivity index (χ1v) is 7.35. The monoisotopic (exact) mass is 263 g/mol. The molecule has 2 nitrogen and oxygen atoms in total. The molecular formula is C15H21NOS. The minimum absolute atomic E-state index is 0.257. The van der Waals surface area contributed by atoms with Crippen LogP contribution in [-0.2, 0) is 0 Å². The van der Waals surface area contributed by atoms with Gasteiger partial charge in [-0.2, -0.15) is 0 Å². The number of thiophene rings is 1. The van der Waals surface area contributed by atoms with Gasteiger partial charge in [-0.3, -0.25) is 0 Å². The maximum absolute atomic E-state index is 5.67. The molecule has 0 saturated heterocycles. The Bertz CT molecular complexity index is 512. The zero-order valence-electron chi connectivity index (χ0n) is 11.5. The molecule has 98 valence electrons. The van der Waals surface area contributed by atoms with Gasteiger partial charge in [0.05, 0.1) is 6.04 Å². The number of aryl methyl sites for hydroxylation is 3. The van der Waals surface area contributed by atoms with Gasteiger partial charge in [0.25, 0.3) is 0 Å². The molecule has 18 heavy (non-hydrogen) atoms. The summed E-state index contributed by atoms with van der Waals surface area (Å²) in [4.78, 5) is 1.35. The van der Waals surface area contributed by atoms with Crippen LogP contribution in [0.5, 0.6) is 0 Å². The van der Waals surface area contributed by atoms with E-state index in [-0.39, 0.29) is 6.04 Å². The first-order valence-electron chi connectivity index (χ1n) is 6.47. The quantitative estimate of drug-likeness (QED) is 0.867. The summed E-state index contributed by atoms with van der Waals surface area (Å²) in [5.74, 6) is 2.00. The molecule has 0 saturated carbocycles. The van der Waals surface area contributed by atoms with Gasteiger partial charge >= 0.3 is 0 Å². The fourth-order valence-corrected chi connectivity index (χ4v) is 2.98. The van der Waals surface area contributed by atoms with E-state index in [1.54, 1.807) is 11.3 Å². The number of furan rings is 1. The van der Waals surface area contributed by atoms with Crippen molar-refractivity contribution in [3.05, 3.63) is 45.0 Å². The van der Waals surface area contributed by atoms with Crippen molar-refractivity contribution in [3.63, 3.8) is 0 Å². The average Bonchev–Trinajstić information content (AvgIpc) is 2.87. The molecule has 1 N–H and O–H groups in total. The Labute approximate surface area is 113 Å². The second-order valence-electron chi connectivity index (χ2n) is 4.75. The van der Waals surface area contributed by atoms with Gasteiger partial charge < -0.3 is 9.73 Å². The number of hydrogen-bond donors (Lipinski definition) is 1. The van der Waals surface area contributed by atoms with Crippen LogP contribution in [-0.4, -0.2) is 6.54 Å². The summed E-state index contributed by atoms with van der Waals surface area (Å²) >= 11 is 1.80.